The van der Waals surface area contributed by atoms with E-state index >= 15 is 0 Å². The van der Waals surface area contributed by atoms with Crippen LogP contribution < -0.4 is 5.32 Å². The van der Waals surface area contributed by atoms with Crippen molar-refractivity contribution in [2.24, 2.45) is 0 Å². The molecule has 0 spiro atoms. The summed E-state index contributed by atoms with van der Waals surface area (Å²) in [6.45, 7) is 4.05. The number of nitrogens with one attached hydrogen (secondary N) is 1. The number of hydrogen-bond donors (Lipinski definition) is 3. The third-order valence-corrected chi connectivity index (χ3v) is 7.60. The number of unbranched alkanes of at least 4 members (excludes halogenated alkanes) is 19. The molecule has 0 saturated carbocycles. The molecule has 0 aliphatic carbocycles. The molecule has 2 atom stereocenters. The lowest BCUT2D eigenvalue weighted by Crippen LogP contribution is -2.45. The Labute approximate surface area is 249 Å². The quantitative estimate of drug-likeness (QED) is 0.0603. The largest absolute Gasteiger partial charge is 0.394 e. The average molecular weight is 562 g/mol. The van der Waals surface area contributed by atoms with Crippen molar-refractivity contribution in [2.75, 3.05) is 6.61 Å². The molecule has 0 aromatic heterocycles. The second-order valence-electron chi connectivity index (χ2n) is 11.6. The van der Waals surface area contributed by atoms with Gasteiger partial charge in [-0.3, -0.25) is 4.79 Å². The molecule has 234 valence electrons. The molecule has 0 aliphatic rings. The molecule has 0 aromatic rings. The van der Waals surface area contributed by atoms with Gasteiger partial charge in [0.25, 0.3) is 0 Å². The Kier molecular flexibility index (Phi) is 31.0. The molecular formula is C36H67NO3. The highest BCUT2D eigenvalue weighted by molar-refractivity contribution is 5.76. The minimum atomic E-state index is -0.862. The number of rotatable bonds is 30. The summed E-state index contributed by atoms with van der Waals surface area (Å²) < 4.78 is 0. The zero-order valence-electron chi connectivity index (χ0n) is 26.6. The average Bonchev–Trinajstić information content (AvgIpc) is 2.96. The van der Waals surface area contributed by atoms with Gasteiger partial charge in [0.15, 0.2) is 0 Å². The fourth-order valence-corrected chi connectivity index (χ4v) is 4.89. The third kappa shape index (κ3) is 28.1. The van der Waals surface area contributed by atoms with Gasteiger partial charge in [0, 0.05) is 6.42 Å². The van der Waals surface area contributed by atoms with E-state index in [4.69, 9.17) is 0 Å². The number of carbonyl (C=O) groups is 1. The molecule has 4 nitrogen and oxygen atoms in total. The zero-order chi connectivity index (χ0) is 29.4. The van der Waals surface area contributed by atoms with Crippen molar-refractivity contribution in [3.05, 3.63) is 36.5 Å². The highest BCUT2D eigenvalue weighted by Crippen LogP contribution is 2.14. The lowest BCUT2D eigenvalue weighted by molar-refractivity contribution is -0.123. The molecule has 0 fully saturated rings. The molecule has 0 aliphatic heterocycles. The van der Waals surface area contributed by atoms with E-state index in [9.17, 15) is 15.0 Å². The van der Waals surface area contributed by atoms with E-state index in [0.29, 0.717) is 6.42 Å². The van der Waals surface area contributed by atoms with Crippen LogP contribution in [0.4, 0.5) is 0 Å². The maximum absolute atomic E-state index is 11.8. The smallest absolute Gasteiger partial charge is 0.220 e. The molecule has 2 unspecified atom stereocenters. The summed E-state index contributed by atoms with van der Waals surface area (Å²) in [6, 6.07) is -0.637. The molecule has 0 radical (unpaired) electrons. The Bertz CT molecular complexity index is 613. The van der Waals surface area contributed by atoms with E-state index in [0.717, 1.165) is 38.5 Å². The lowest BCUT2D eigenvalue weighted by atomic mass is 10.0. The summed E-state index contributed by atoms with van der Waals surface area (Å²) in [6.07, 6.45) is 41.9. The van der Waals surface area contributed by atoms with Crippen LogP contribution in [0, 0.1) is 0 Å². The van der Waals surface area contributed by atoms with Gasteiger partial charge in [-0.25, -0.2) is 0 Å². The van der Waals surface area contributed by atoms with Gasteiger partial charge >= 0.3 is 0 Å². The van der Waals surface area contributed by atoms with Crippen LogP contribution in [0.25, 0.3) is 0 Å². The van der Waals surface area contributed by atoms with Gasteiger partial charge in [-0.15, -0.1) is 0 Å². The van der Waals surface area contributed by atoms with Gasteiger partial charge in [-0.05, 0) is 44.9 Å². The molecule has 0 saturated heterocycles. The number of aliphatic hydroxyl groups is 2. The second-order valence-corrected chi connectivity index (χ2v) is 11.6. The first-order chi connectivity index (χ1) is 19.7. The molecule has 0 rings (SSSR count). The second kappa shape index (κ2) is 32.1. The van der Waals surface area contributed by atoms with E-state index in [-0.39, 0.29) is 12.5 Å². The summed E-state index contributed by atoms with van der Waals surface area (Å²) in [4.78, 5) is 11.8. The van der Waals surface area contributed by atoms with E-state index in [1.165, 1.54) is 109 Å². The first-order valence-corrected chi connectivity index (χ1v) is 17.2. The van der Waals surface area contributed by atoms with E-state index in [1.54, 1.807) is 6.08 Å². The van der Waals surface area contributed by atoms with Crippen LogP contribution in [0.2, 0.25) is 0 Å². The third-order valence-electron chi connectivity index (χ3n) is 7.60. The van der Waals surface area contributed by atoms with Crippen molar-refractivity contribution < 1.29 is 15.0 Å². The SMILES string of the molecule is CCCCCCCCCCCCCCCCCC/C=C/CC/C=C/CC/C=C/C(O)C(CO)NC(=O)CCCC. The zero-order valence-corrected chi connectivity index (χ0v) is 26.6. The van der Waals surface area contributed by atoms with Crippen LogP contribution in [-0.4, -0.2) is 34.9 Å². The molecule has 1 amide bonds. The Morgan fingerprint density at radius 1 is 0.575 bits per heavy atom. The first kappa shape index (κ1) is 38.6. The predicted octanol–water partition coefficient (Wildman–Crippen LogP) is 9.90. The van der Waals surface area contributed by atoms with Gasteiger partial charge < -0.3 is 15.5 Å². The van der Waals surface area contributed by atoms with Crippen molar-refractivity contribution in [1.82, 2.24) is 5.32 Å². The normalized spacial score (nSPS) is 13.6. The van der Waals surface area contributed by atoms with E-state index in [2.05, 4.69) is 36.5 Å². The molecule has 0 aromatic carbocycles. The minimum absolute atomic E-state index is 0.115. The van der Waals surface area contributed by atoms with Crippen molar-refractivity contribution >= 4 is 5.91 Å². The summed E-state index contributed by atoms with van der Waals surface area (Å²) in [7, 11) is 0. The highest BCUT2D eigenvalue weighted by Gasteiger charge is 2.17. The van der Waals surface area contributed by atoms with E-state index in [1.807, 2.05) is 13.0 Å². The molecule has 0 heterocycles. The van der Waals surface area contributed by atoms with Gasteiger partial charge in [-0.1, -0.05) is 153 Å². The van der Waals surface area contributed by atoms with Crippen molar-refractivity contribution in [2.45, 2.75) is 180 Å². The van der Waals surface area contributed by atoms with Gasteiger partial charge in [0.1, 0.15) is 0 Å². The molecular weight excluding hydrogens is 494 g/mol. The highest BCUT2D eigenvalue weighted by atomic mass is 16.3. The standard InChI is InChI=1S/C36H67NO3/c1-3-5-7-8-9-10-11-12-13-14-15-16-17-18-19-20-21-22-23-24-25-26-27-28-29-30-31-35(39)34(33-38)37-36(40)32-6-4-2/h22-23,26-27,30-31,34-35,38-39H,3-21,24-25,28-29,32-33H2,1-2H3,(H,37,40)/b23-22+,27-26+,31-30+. The Morgan fingerprint density at radius 2 is 0.975 bits per heavy atom. The number of allylic oxidation sites excluding steroid dienone is 5. The van der Waals surface area contributed by atoms with Crippen LogP contribution in [-0.2, 0) is 4.79 Å². The predicted molar refractivity (Wildman–Crippen MR) is 175 cm³/mol. The fraction of sp³-hybridized carbons (Fsp3) is 0.806. The van der Waals surface area contributed by atoms with Crippen LogP contribution >= 0.6 is 0 Å². The number of hydrogen-bond acceptors (Lipinski definition) is 3. The van der Waals surface area contributed by atoms with Crippen molar-refractivity contribution in [3.63, 3.8) is 0 Å². The van der Waals surface area contributed by atoms with Crippen LogP contribution in [0.1, 0.15) is 168 Å². The van der Waals surface area contributed by atoms with E-state index < -0.39 is 12.1 Å². The lowest BCUT2D eigenvalue weighted by Gasteiger charge is -2.19. The van der Waals surface area contributed by atoms with Crippen molar-refractivity contribution in [1.29, 1.82) is 0 Å². The minimum Gasteiger partial charge on any atom is -0.394 e. The van der Waals surface area contributed by atoms with Gasteiger partial charge in [0.2, 0.25) is 5.91 Å². The van der Waals surface area contributed by atoms with Crippen LogP contribution in [0.15, 0.2) is 36.5 Å². The van der Waals surface area contributed by atoms with Gasteiger partial charge in [0.05, 0.1) is 18.8 Å². The molecule has 0 bridgehead atoms. The maximum atomic E-state index is 11.8. The summed E-state index contributed by atoms with van der Waals surface area (Å²) in [5, 5.41) is 22.3. The summed E-state index contributed by atoms with van der Waals surface area (Å²) in [5.74, 6) is -0.115. The summed E-state index contributed by atoms with van der Waals surface area (Å²) >= 11 is 0. The Balaban J connectivity index is 3.49. The molecule has 4 heteroatoms. The number of aliphatic hydroxyl groups excluding tert-OH is 2. The number of carbonyl (C=O) groups excluding carboxylic acids is 1. The Morgan fingerprint density at radius 3 is 1.43 bits per heavy atom. The molecule has 3 N–H and O–H groups in total. The van der Waals surface area contributed by atoms with Gasteiger partial charge in [-0.2, -0.15) is 0 Å². The van der Waals surface area contributed by atoms with Crippen LogP contribution in [0.3, 0.4) is 0 Å². The number of amides is 1. The first-order valence-electron chi connectivity index (χ1n) is 17.2. The Hall–Kier alpha value is -1.39. The molecule has 40 heavy (non-hydrogen) atoms. The van der Waals surface area contributed by atoms with Crippen molar-refractivity contribution in [3.8, 4) is 0 Å². The fourth-order valence-electron chi connectivity index (χ4n) is 4.89. The summed E-state index contributed by atoms with van der Waals surface area (Å²) in [5.41, 5.74) is 0. The van der Waals surface area contributed by atoms with Crippen LogP contribution in [0.5, 0.6) is 0 Å². The maximum Gasteiger partial charge on any atom is 0.220 e. The monoisotopic (exact) mass is 562 g/mol. The topological polar surface area (TPSA) is 69.6 Å².